The normalized spacial score (nSPS) is 20.3. The SMILES string of the molecule is COc1c(Cl)cc(/C(O)=C2\C(=O)C(=O)N(C3CCCC3)C2c2ccc(O)c(Cl)c2)c(OC)c1Cl. The summed E-state index contributed by atoms with van der Waals surface area (Å²) >= 11 is 18.8. The van der Waals surface area contributed by atoms with Gasteiger partial charge in [0, 0.05) is 6.04 Å². The number of halogens is 3. The summed E-state index contributed by atoms with van der Waals surface area (Å²) in [4.78, 5) is 28.0. The number of phenolic OH excluding ortho intramolecular Hbond substituents is 1. The molecule has 10 heteroatoms. The lowest BCUT2D eigenvalue weighted by Gasteiger charge is -2.31. The predicted molar refractivity (Wildman–Crippen MR) is 129 cm³/mol. The molecule has 1 unspecified atom stereocenters. The third kappa shape index (κ3) is 3.96. The van der Waals surface area contributed by atoms with Crippen molar-refractivity contribution in [2.24, 2.45) is 0 Å². The molecular formula is C24H22Cl3NO6. The molecule has 0 radical (unpaired) electrons. The second kappa shape index (κ2) is 9.56. The van der Waals surface area contributed by atoms with Crippen molar-refractivity contribution in [2.45, 2.75) is 37.8 Å². The van der Waals surface area contributed by atoms with E-state index in [9.17, 15) is 19.8 Å². The molecule has 1 saturated carbocycles. The molecule has 1 heterocycles. The van der Waals surface area contributed by atoms with Gasteiger partial charge in [0.05, 0.1) is 41.4 Å². The minimum Gasteiger partial charge on any atom is -0.507 e. The summed E-state index contributed by atoms with van der Waals surface area (Å²) in [6.45, 7) is 0. The topological polar surface area (TPSA) is 96.3 Å². The minimum atomic E-state index is -0.925. The third-order valence-electron chi connectivity index (χ3n) is 6.28. The van der Waals surface area contributed by atoms with E-state index in [1.807, 2.05) is 0 Å². The number of rotatable bonds is 5. The average Bonchev–Trinajstić information content (AvgIpc) is 3.42. The molecule has 7 nitrogen and oxygen atoms in total. The fraction of sp³-hybridized carbons (Fsp3) is 0.333. The first-order valence-corrected chi connectivity index (χ1v) is 11.7. The highest BCUT2D eigenvalue weighted by Gasteiger charge is 2.49. The monoisotopic (exact) mass is 525 g/mol. The van der Waals surface area contributed by atoms with Gasteiger partial charge in [0.1, 0.15) is 16.5 Å². The van der Waals surface area contributed by atoms with E-state index in [-0.39, 0.29) is 49.5 Å². The van der Waals surface area contributed by atoms with Crippen LogP contribution in [0.4, 0.5) is 0 Å². The highest BCUT2D eigenvalue weighted by atomic mass is 35.5. The molecule has 4 rings (SSSR count). The number of aromatic hydroxyl groups is 1. The zero-order valence-electron chi connectivity index (χ0n) is 18.4. The van der Waals surface area contributed by atoms with Crippen molar-refractivity contribution in [1.29, 1.82) is 0 Å². The largest absolute Gasteiger partial charge is 0.507 e. The van der Waals surface area contributed by atoms with Gasteiger partial charge < -0.3 is 24.6 Å². The Hall–Kier alpha value is -2.61. The summed E-state index contributed by atoms with van der Waals surface area (Å²) < 4.78 is 10.6. The summed E-state index contributed by atoms with van der Waals surface area (Å²) in [7, 11) is 2.73. The standard InChI is InChI=1S/C24H22Cl3NO6/c1-33-22-13(10-15(26)23(34-2)18(22)27)20(30)17-19(11-7-8-16(29)14(25)9-11)28(24(32)21(17)31)12-5-3-4-6-12/h7-10,12,19,29-30H,3-6H2,1-2H3/b20-17+. The van der Waals surface area contributed by atoms with E-state index >= 15 is 0 Å². The molecule has 1 saturated heterocycles. The van der Waals surface area contributed by atoms with Gasteiger partial charge in [-0.2, -0.15) is 0 Å². The smallest absolute Gasteiger partial charge is 0.295 e. The molecule has 0 spiro atoms. The molecule has 34 heavy (non-hydrogen) atoms. The molecule has 1 aliphatic heterocycles. The van der Waals surface area contributed by atoms with Gasteiger partial charge in [-0.1, -0.05) is 53.7 Å². The van der Waals surface area contributed by atoms with Crippen molar-refractivity contribution < 1.29 is 29.3 Å². The summed E-state index contributed by atoms with van der Waals surface area (Å²) in [5, 5.41) is 21.5. The number of carbonyl (C=O) groups excluding carboxylic acids is 2. The Kier molecular flexibility index (Phi) is 6.90. The Morgan fingerprint density at radius 2 is 1.65 bits per heavy atom. The van der Waals surface area contributed by atoms with Crippen LogP contribution in [0.25, 0.3) is 5.76 Å². The number of Topliss-reactive ketones (excluding diaryl/α,β-unsaturated/α-hetero) is 1. The van der Waals surface area contributed by atoms with E-state index < -0.39 is 23.5 Å². The van der Waals surface area contributed by atoms with Crippen molar-refractivity contribution in [3.05, 3.63) is 56.0 Å². The highest BCUT2D eigenvalue weighted by molar-refractivity contribution is 6.47. The van der Waals surface area contributed by atoms with Crippen LogP contribution < -0.4 is 9.47 Å². The molecule has 2 aromatic rings. The van der Waals surface area contributed by atoms with Crippen molar-refractivity contribution in [3.63, 3.8) is 0 Å². The highest BCUT2D eigenvalue weighted by Crippen LogP contribution is 2.48. The minimum absolute atomic E-state index is 0.00768. The molecule has 2 aliphatic rings. The van der Waals surface area contributed by atoms with Crippen molar-refractivity contribution >= 4 is 52.3 Å². The fourth-order valence-corrected chi connectivity index (χ4v) is 5.60. The number of aliphatic hydroxyl groups excluding tert-OH is 1. The van der Waals surface area contributed by atoms with Gasteiger partial charge in [0.15, 0.2) is 11.5 Å². The summed E-state index contributed by atoms with van der Waals surface area (Å²) in [6.07, 6.45) is 3.32. The number of hydrogen-bond donors (Lipinski definition) is 2. The quantitative estimate of drug-likeness (QED) is 0.293. The maximum atomic E-state index is 13.3. The number of phenols is 1. The number of benzene rings is 2. The number of hydrogen-bond acceptors (Lipinski definition) is 6. The van der Waals surface area contributed by atoms with E-state index in [0.29, 0.717) is 5.56 Å². The van der Waals surface area contributed by atoms with Crippen LogP contribution in [0.15, 0.2) is 29.8 Å². The summed E-state index contributed by atoms with van der Waals surface area (Å²) in [5.74, 6) is -2.01. The van der Waals surface area contributed by atoms with Gasteiger partial charge in [-0.15, -0.1) is 0 Å². The molecule has 180 valence electrons. The molecule has 0 aromatic heterocycles. The molecule has 0 bridgehead atoms. The zero-order valence-corrected chi connectivity index (χ0v) is 20.7. The van der Waals surface area contributed by atoms with E-state index in [2.05, 4.69) is 0 Å². The first-order valence-electron chi connectivity index (χ1n) is 10.6. The number of nitrogens with zero attached hydrogens (tertiary/aromatic N) is 1. The Morgan fingerprint density at radius 3 is 2.24 bits per heavy atom. The van der Waals surface area contributed by atoms with Gasteiger partial charge in [-0.05, 0) is 36.6 Å². The maximum Gasteiger partial charge on any atom is 0.295 e. The molecule has 1 amide bonds. The van der Waals surface area contributed by atoms with E-state index in [4.69, 9.17) is 44.3 Å². The Balaban J connectivity index is 1.98. The molecule has 2 aromatic carbocycles. The van der Waals surface area contributed by atoms with Gasteiger partial charge in [0.2, 0.25) is 0 Å². The molecule has 1 atom stereocenters. The van der Waals surface area contributed by atoms with Crippen LogP contribution in [0, 0.1) is 0 Å². The van der Waals surface area contributed by atoms with Gasteiger partial charge in [-0.3, -0.25) is 9.59 Å². The lowest BCUT2D eigenvalue weighted by molar-refractivity contribution is -0.141. The average molecular weight is 527 g/mol. The lowest BCUT2D eigenvalue weighted by atomic mass is 9.94. The van der Waals surface area contributed by atoms with Gasteiger partial charge >= 0.3 is 0 Å². The number of methoxy groups -OCH3 is 2. The van der Waals surface area contributed by atoms with Crippen LogP contribution in [0.1, 0.15) is 42.9 Å². The molecule has 1 aliphatic carbocycles. The number of ether oxygens (including phenoxy) is 2. The first kappa shape index (κ1) is 24.5. The second-order valence-corrected chi connectivity index (χ2v) is 9.33. The van der Waals surface area contributed by atoms with Crippen molar-refractivity contribution in [1.82, 2.24) is 4.90 Å². The summed E-state index contributed by atoms with van der Waals surface area (Å²) in [5.41, 5.74) is 0.368. The van der Waals surface area contributed by atoms with Crippen LogP contribution in [-0.2, 0) is 9.59 Å². The number of aliphatic hydroxyl groups is 1. The number of amides is 1. The van der Waals surface area contributed by atoms with Crippen molar-refractivity contribution in [3.8, 4) is 17.2 Å². The van der Waals surface area contributed by atoms with Crippen LogP contribution >= 0.6 is 34.8 Å². The lowest BCUT2D eigenvalue weighted by Crippen LogP contribution is -2.37. The third-order valence-corrected chi connectivity index (χ3v) is 7.21. The van der Waals surface area contributed by atoms with E-state index in [0.717, 1.165) is 25.7 Å². The number of likely N-dealkylation sites (tertiary alicyclic amines) is 1. The van der Waals surface area contributed by atoms with Crippen LogP contribution in [-0.4, -0.2) is 47.1 Å². The molecular weight excluding hydrogens is 505 g/mol. The van der Waals surface area contributed by atoms with E-state index in [1.54, 1.807) is 6.07 Å². The maximum absolute atomic E-state index is 13.3. The van der Waals surface area contributed by atoms with Gasteiger partial charge in [-0.25, -0.2) is 0 Å². The van der Waals surface area contributed by atoms with Crippen LogP contribution in [0.5, 0.6) is 17.2 Å². The number of ketones is 1. The molecule has 2 N–H and O–H groups in total. The molecule has 2 fully saturated rings. The van der Waals surface area contributed by atoms with Crippen molar-refractivity contribution in [2.75, 3.05) is 14.2 Å². The van der Waals surface area contributed by atoms with Crippen LogP contribution in [0.3, 0.4) is 0 Å². The zero-order chi connectivity index (χ0) is 24.7. The first-order chi connectivity index (χ1) is 16.2. The van der Waals surface area contributed by atoms with Crippen LogP contribution in [0.2, 0.25) is 15.1 Å². The van der Waals surface area contributed by atoms with Gasteiger partial charge in [0.25, 0.3) is 11.7 Å². The summed E-state index contributed by atoms with van der Waals surface area (Å²) in [6, 6.07) is 4.69. The van der Waals surface area contributed by atoms with E-state index in [1.165, 1.54) is 37.3 Å². The second-order valence-electron chi connectivity index (χ2n) is 8.14. The Labute approximate surface area is 211 Å². The Bertz CT molecular complexity index is 1210. The fourth-order valence-electron chi connectivity index (χ4n) is 4.72. The Morgan fingerprint density at radius 1 is 1.00 bits per heavy atom. The predicted octanol–water partition coefficient (Wildman–Crippen LogP) is 5.73. The number of carbonyl (C=O) groups is 2.